The van der Waals surface area contributed by atoms with E-state index < -0.39 is 5.54 Å². The number of nitrogens with two attached hydrogens (primary N) is 1. The standard InChI is InChI=1S/C27H22Cl2N4O/c1-33-16-31-15-25(33)27(30,18-6-9-20(28)10-7-18)19-8-11-24-23(13-19)22(14-26(32-24)34-2)17-4-3-5-21(29)12-17/h3-16H,30H2,1-2H3/t27-/m0/s1. The first-order valence-corrected chi connectivity index (χ1v) is 11.4. The minimum absolute atomic E-state index is 0.526. The van der Waals surface area contributed by atoms with Crippen LogP contribution in [0.25, 0.3) is 22.0 Å². The number of aromatic nitrogens is 3. The number of nitrogens with zero attached hydrogens (tertiary/aromatic N) is 3. The maximum Gasteiger partial charge on any atom is 0.214 e. The van der Waals surface area contributed by atoms with Crippen LogP contribution in [0.3, 0.4) is 0 Å². The fraction of sp³-hybridized carbons (Fsp3) is 0.111. The van der Waals surface area contributed by atoms with Gasteiger partial charge in [0.1, 0.15) is 5.54 Å². The molecule has 0 fully saturated rings. The van der Waals surface area contributed by atoms with E-state index in [2.05, 4.69) is 16.0 Å². The summed E-state index contributed by atoms with van der Waals surface area (Å²) >= 11 is 12.5. The molecule has 5 aromatic rings. The Kier molecular flexibility index (Phi) is 5.78. The molecule has 2 heterocycles. The Morgan fingerprint density at radius 1 is 0.912 bits per heavy atom. The summed E-state index contributed by atoms with van der Waals surface area (Å²) in [6.07, 6.45) is 3.54. The first-order chi connectivity index (χ1) is 16.4. The summed E-state index contributed by atoms with van der Waals surface area (Å²) in [6, 6.07) is 23.3. The molecule has 0 spiro atoms. The van der Waals surface area contributed by atoms with Crippen LogP contribution in [0.2, 0.25) is 10.0 Å². The van der Waals surface area contributed by atoms with Crippen molar-refractivity contribution >= 4 is 34.1 Å². The number of rotatable bonds is 5. The van der Waals surface area contributed by atoms with Crippen LogP contribution in [-0.2, 0) is 12.6 Å². The van der Waals surface area contributed by atoms with Crippen LogP contribution in [0, 0.1) is 0 Å². The van der Waals surface area contributed by atoms with Crippen LogP contribution in [-0.4, -0.2) is 21.6 Å². The third-order valence-electron chi connectivity index (χ3n) is 6.11. The lowest BCUT2D eigenvalue weighted by Crippen LogP contribution is -2.40. The van der Waals surface area contributed by atoms with Gasteiger partial charge in [-0.1, -0.05) is 53.5 Å². The van der Waals surface area contributed by atoms with Gasteiger partial charge in [0.25, 0.3) is 0 Å². The van der Waals surface area contributed by atoms with Crippen molar-refractivity contribution in [2.75, 3.05) is 7.11 Å². The molecule has 0 unspecified atom stereocenters. The SMILES string of the molecule is COc1cc(-c2cccc(Cl)c2)c2cc([C@@](N)(c3ccc(Cl)cc3)c3cncn3C)ccc2n1. The fourth-order valence-corrected chi connectivity index (χ4v) is 4.67. The average Bonchev–Trinajstić information content (AvgIpc) is 3.29. The van der Waals surface area contributed by atoms with Crippen molar-refractivity contribution in [1.82, 2.24) is 14.5 Å². The number of imidazole rings is 1. The normalized spacial score (nSPS) is 13.1. The first-order valence-electron chi connectivity index (χ1n) is 10.7. The number of methoxy groups -OCH3 is 1. The molecule has 0 aliphatic heterocycles. The first kappa shape index (κ1) is 22.4. The van der Waals surface area contributed by atoms with Crippen molar-refractivity contribution in [2.45, 2.75) is 5.54 Å². The van der Waals surface area contributed by atoms with Crippen LogP contribution >= 0.6 is 23.2 Å². The molecule has 0 saturated heterocycles. The number of hydrogen-bond donors (Lipinski definition) is 1. The van der Waals surface area contributed by atoms with E-state index in [4.69, 9.17) is 33.7 Å². The molecular weight excluding hydrogens is 467 g/mol. The van der Waals surface area contributed by atoms with Crippen molar-refractivity contribution < 1.29 is 4.74 Å². The summed E-state index contributed by atoms with van der Waals surface area (Å²) in [6.45, 7) is 0. The molecule has 0 saturated carbocycles. The summed E-state index contributed by atoms with van der Waals surface area (Å²) in [5, 5.41) is 2.24. The highest BCUT2D eigenvalue weighted by atomic mass is 35.5. The molecule has 1 atom stereocenters. The molecule has 5 rings (SSSR count). The van der Waals surface area contributed by atoms with Gasteiger partial charge >= 0.3 is 0 Å². The monoisotopic (exact) mass is 488 g/mol. The maximum atomic E-state index is 7.25. The molecule has 0 aliphatic rings. The molecule has 2 N–H and O–H groups in total. The van der Waals surface area contributed by atoms with E-state index in [1.807, 2.05) is 78.3 Å². The second-order valence-electron chi connectivity index (χ2n) is 8.16. The largest absolute Gasteiger partial charge is 0.481 e. The third-order valence-corrected chi connectivity index (χ3v) is 6.59. The van der Waals surface area contributed by atoms with E-state index >= 15 is 0 Å². The summed E-state index contributed by atoms with van der Waals surface area (Å²) in [5.41, 5.74) is 11.6. The van der Waals surface area contributed by atoms with Crippen LogP contribution in [0.15, 0.2) is 85.3 Å². The van der Waals surface area contributed by atoms with E-state index in [0.29, 0.717) is 15.9 Å². The van der Waals surface area contributed by atoms with Crippen LogP contribution in [0.4, 0.5) is 0 Å². The smallest absolute Gasteiger partial charge is 0.214 e. The zero-order chi connectivity index (χ0) is 23.9. The predicted octanol–water partition coefficient (Wildman–Crippen LogP) is 6.20. The van der Waals surface area contributed by atoms with Crippen LogP contribution in [0.5, 0.6) is 5.88 Å². The Morgan fingerprint density at radius 3 is 2.35 bits per heavy atom. The van der Waals surface area contributed by atoms with E-state index in [1.54, 1.807) is 19.6 Å². The zero-order valence-corrected chi connectivity index (χ0v) is 20.2. The molecule has 3 aromatic carbocycles. The molecule has 5 nitrogen and oxygen atoms in total. The minimum atomic E-state index is -0.977. The van der Waals surface area contributed by atoms with Gasteiger partial charge in [-0.05, 0) is 58.7 Å². The lowest BCUT2D eigenvalue weighted by atomic mass is 9.80. The van der Waals surface area contributed by atoms with Crippen molar-refractivity contribution in [3.63, 3.8) is 0 Å². The van der Waals surface area contributed by atoms with E-state index in [9.17, 15) is 0 Å². The van der Waals surface area contributed by atoms with Gasteiger partial charge in [-0.2, -0.15) is 0 Å². The molecule has 7 heteroatoms. The number of benzene rings is 3. The van der Waals surface area contributed by atoms with Gasteiger partial charge in [0.05, 0.1) is 30.8 Å². The van der Waals surface area contributed by atoms with Crippen molar-refractivity contribution in [3.8, 4) is 17.0 Å². The molecular formula is C27H22Cl2N4O. The highest BCUT2D eigenvalue weighted by molar-refractivity contribution is 6.31. The lowest BCUT2D eigenvalue weighted by Gasteiger charge is -2.31. The quantitative estimate of drug-likeness (QED) is 0.319. The van der Waals surface area contributed by atoms with E-state index in [-0.39, 0.29) is 0 Å². The van der Waals surface area contributed by atoms with Gasteiger partial charge in [-0.3, -0.25) is 0 Å². The van der Waals surface area contributed by atoms with Gasteiger partial charge in [0.15, 0.2) is 0 Å². The Labute approximate surface area is 207 Å². The molecule has 0 amide bonds. The molecule has 34 heavy (non-hydrogen) atoms. The lowest BCUT2D eigenvalue weighted by molar-refractivity contribution is 0.400. The second-order valence-corrected chi connectivity index (χ2v) is 9.03. The summed E-state index contributed by atoms with van der Waals surface area (Å²) in [5.74, 6) is 0.526. The third kappa shape index (κ3) is 3.82. The number of pyridine rings is 1. The van der Waals surface area contributed by atoms with Crippen LogP contribution < -0.4 is 10.5 Å². The van der Waals surface area contributed by atoms with Crippen molar-refractivity contribution in [3.05, 3.63) is 112 Å². The van der Waals surface area contributed by atoms with Gasteiger partial charge in [0.2, 0.25) is 5.88 Å². The molecule has 170 valence electrons. The number of fused-ring (bicyclic) bond motifs is 1. The summed E-state index contributed by atoms with van der Waals surface area (Å²) in [4.78, 5) is 8.99. The van der Waals surface area contributed by atoms with Gasteiger partial charge < -0.3 is 15.0 Å². The number of hydrogen-bond acceptors (Lipinski definition) is 4. The highest BCUT2D eigenvalue weighted by Crippen LogP contribution is 2.39. The fourth-order valence-electron chi connectivity index (χ4n) is 4.36. The second kappa shape index (κ2) is 8.76. The topological polar surface area (TPSA) is 66.0 Å². The summed E-state index contributed by atoms with van der Waals surface area (Å²) in [7, 11) is 3.54. The Bertz CT molecular complexity index is 1500. The zero-order valence-electron chi connectivity index (χ0n) is 18.7. The maximum absolute atomic E-state index is 7.25. The molecule has 2 aromatic heterocycles. The Morgan fingerprint density at radius 2 is 1.68 bits per heavy atom. The molecule has 0 bridgehead atoms. The van der Waals surface area contributed by atoms with E-state index in [0.717, 1.165) is 38.9 Å². The Balaban J connectivity index is 1.80. The molecule has 0 radical (unpaired) electrons. The van der Waals surface area contributed by atoms with Crippen molar-refractivity contribution in [1.29, 1.82) is 0 Å². The predicted molar refractivity (Wildman–Crippen MR) is 137 cm³/mol. The van der Waals surface area contributed by atoms with Crippen LogP contribution in [0.1, 0.15) is 16.8 Å². The molecule has 0 aliphatic carbocycles. The Hall–Kier alpha value is -3.38. The highest BCUT2D eigenvalue weighted by Gasteiger charge is 2.35. The minimum Gasteiger partial charge on any atom is -0.481 e. The van der Waals surface area contributed by atoms with E-state index in [1.165, 1.54) is 0 Å². The number of ether oxygens (including phenoxy) is 1. The number of aryl methyl sites for hydroxylation is 1. The summed E-state index contributed by atoms with van der Waals surface area (Å²) < 4.78 is 7.41. The number of halogens is 2. The van der Waals surface area contributed by atoms with Gasteiger partial charge in [0, 0.05) is 28.5 Å². The van der Waals surface area contributed by atoms with Crippen molar-refractivity contribution in [2.24, 2.45) is 12.8 Å². The van der Waals surface area contributed by atoms with Gasteiger partial charge in [-0.25, -0.2) is 9.97 Å². The average molecular weight is 489 g/mol. The van der Waals surface area contributed by atoms with Gasteiger partial charge in [-0.15, -0.1) is 0 Å².